The summed E-state index contributed by atoms with van der Waals surface area (Å²) in [5.74, 6) is 0. The van der Waals surface area contributed by atoms with Crippen molar-refractivity contribution < 1.29 is 9.47 Å². The summed E-state index contributed by atoms with van der Waals surface area (Å²) in [5.41, 5.74) is 6.30. The Morgan fingerprint density at radius 1 is 1.17 bits per heavy atom. The lowest BCUT2D eigenvalue weighted by Gasteiger charge is -2.38. The maximum absolute atomic E-state index is 5.78. The molecule has 6 heteroatoms. The smallest absolute Gasteiger partial charge is 0.146 e. The summed E-state index contributed by atoms with van der Waals surface area (Å²) in [6.45, 7) is 11.0. The molecular weight excluding hydrogens is 232 g/mol. The number of hydrazine groups is 1. The molecule has 2 fully saturated rings. The molecule has 6 nitrogen and oxygen atoms in total. The van der Waals surface area contributed by atoms with Gasteiger partial charge in [0.1, 0.15) is 18.7 Å². The number of piperazine rings is 1. The lowest BCUT2D eigenvalue weighted by Crippen LogP contribution is -2.59. The molecule has 4 unspecified atom stereocenters. The Hall–Kier alpha value is -0.240. The van der Waals surface area contributed by atoms with Crippen LogP contribution in [-0.4, -0.2) is 44.4 Å². The zero-order valence-electron chi connectivity index (χ0n) is 11.7. The summed E-state index contributed by atoms with van der Waals surface area (Å²) >= 11 is 0. The van der Waals surface area contributed by atoms with Crippen molar-refractivity contribution in [1.82, 2.24) is 21.5 Å². The molecule has 18 heavy (non-hydrogen) atoms. The Morgan fingerprint density at radius 2 is 1.94 bits per heavy atom. The summed E-state index contributed by atoms with van der Waals surface area (Å²) in [5, 5.41) is 6.95. The van der Waals surface area contributed by atoms with E-state index >= 15 is 0 Å². The van der Waals surface area contributed by atoms with Gasteiger partial charge in [0.05, 0.1) is 6.61 Å². The van der Waals surface area contributed by atoms with Gasteiger partial charge in [0, 0.05) is 19.1 Å². The van der Waals surface area contributed by atoms with E-state index in [1.807, 2.05) is 6.92 Å². The molecule has 0 amide bonds. The monoisotopic (exact) mass is 258 g/mol. The van der Waals surface area contributed by atoms with Crippen molar-refractivity contribution in [1.29, 1.82) is 0 Å². The van der Waals surface area contributed by atoms with Crippen LogP contribution in [0, 0.1) is 5.41 Å². The van der Waals surface area contributed by atoms with Crippen LogP contribution in [0.4, 0.5) is 0 Å². The van der Waals surface area contributed by atoms with E-state index < -0.39 is 0 Å². The molecule has 4 atom stereocenters. The number of rotatable bonds is 3. The average molecular weight is 258 g/mol. The predicted molar refractivity (Wildman–Crippen MR) is 69.6 cm³/mol. The first-order valence-electron chi connectivity index (χ1n) is 6.70. The molecular formula is C12H26N4O2. The molecule has 2 heterocycles. The van der Waals surface area contributed by atoms with Crippen molar-refractivity contribution in [3.05, 3.63) is 0 Å². The molecule has 2 saturated heterocycles. The van der Waals surface area contributed by atoms with E-state index in [2.05, 4.69) is 42.3 Å². The highest BCUT2D eigenvalue weighted by molar-refractivity contribution is 4.87. The molecule has 0 bridgehead atoms. The molecule has 4 N–H and O–H groups in total. The molecule has 2 aliphatic heterocycles. The highest BCUT2D eigenvalue weighted by Crippen LogP contribution is 2.20. The van der Waals surface area contributed by atoms with Crippen molar-refractivity contribution >= 4 is 0 Å². The van der Waals surface area contributed by atoms with Crippen molar-refractivity contribution in [3.8, 4) is 0 Å². The summed E-state index contributed by atoms with van der Waals surface area (Å²) in [4.78, 5) is 0. The van der Waals surface area contributed by atoms with Crippen LogP contribution in [-0.2, 0) is 9.47 Å². The molecule has 0 spiro atoms. The van der Waals surface area contributed by atoms with E-state index in [9.17, 15) is 0 Å². The first-order chi connectivity index (χ1) is 8.45. The number of ether oxygens (including phenoxy) is 2. The topological polar surface area (TPSA) is 66.6 Å². The molecule has 2 rings (SSSR count). The van der Waals surface area contributed by atoms with E-state index in [1.54, 1.807) is 0 Å². The average Bonchev–Trinajstić information content (AvgIpc) is 2.72. The first kappa shape index (κ1) is 14.2. The second-order valence-electron chi connectivity index (χ2n) is 6.11. The van der Waals surface area contributed by atoms with Gasteiger partial charge in [0.15, 0.2) is 0 Å². The highest BCUT2D eigenvalue weighted by atomic mass is 16.6. The summed E-state index contributed by atoms with van der Waals surface area (Å²) in [6, 6.07) is 0.486. The van der Waals surface area contributed by atoms with Crippen LogP contribution < -0.4 is 21.5 Å². The lowest BCUT2D eigenvalue weighted by atomic mass is 9.86. The predicted octanol–water partition coefficient (Wildman–Crippen LogP) is -0.267. The quantitative estimate of drug-likeness (QED) is 0.559. The minimum absolute atomic E-state index is 0.0429. The molecule has 0 radical (unpaired) electrons. The van der Waals surface area contributed by atoms with Gasteiger partial charge in [-0.05, 0) is 12.3 Å². The molecule has 0 aromatic carbocycles. The van der Waals surface area contributed by atoms with Gasteiger partial charge >= 0.3 is 0 Å². The minimum Gasteiger partial charge on any atom is -0.358 e. The van der Waals surface area contributed by atoms with Gasteiger partial charge in [-0.2, -0.15) is 0 Å². The number of hydrogen-bond donors (Lipinski definition) is 4. The third-order valence-corrected chi connectivity index (χ3v) is 3.41. The Morgan fingerprint density at radius 3 is 2.44 bits per heavy atom. The molecule has 106 valence electrons. The molecule has 0 aromatic rings. The molecule has 0 aromatic heterocycles. The zero-order valence-corrected chi connectivity index (χ0v) is 11.7. The third-order valence-electron chi connectivity index (χ3n) is 3.41. The van der Waals surface area contributed by atoms with Crippen LogP contribution in [0.1, 0.15) is 27.7 Å². The lowest BCUT2D eigenvalue weighted by molar-refractivity contribution is -0.0615. The summed E-state index contributed by atoms with van der Waals surface area (Å²) in [7, 11) is 0. The maximum Gasteiger partial charge on any atom is 0.146 e. The normalized spacial score (nSPS) is 38.0. The standard InChI is InChI=1S/C12H26N4O2/c1-8-15-16-11(18-8)7-17-10-6-13-9(5-14-10)12(2,3)4/h8-11,13-16H,5-7H2,1-4H3. The minimum atomic E-state index is -0.0675. The van der Waals surface area contributed by atoms with E-state index in [0.717, 1.165) is 13.1 Å². The van der Waals surface area contributed by atoms with Crippen LogP contribution in [0.25, 0.3) is 0 Å². The summed E-state index contributed by atoms with van der Waals surface area (Å²) in [6.07, 6.45) is 0.0355. The van der Waals surface area contributed by atoms with Gasteiger partial charge in [-0.3, -0.25) is 5.32 Å². The Labute approximate surface area is 109 Å². The number of hydrogen-bond acceptors (Lipinski definition) is 6. The fourth-order valence-electron chi connectivity index (χ4n) is 2.18. The van der Waals surface area contributed by atoms with Crippen LogP contribution >= 0.6 is 0 Å². The largest absolute Gasteiger partial charge is 0.358 e. The second-order valence-corrected chi connectivity index (χ2v) is 6.11. The molecule has 0 saturated carbocycles. The van der Waals surface area contributed by atoms with Gasteiger partial charge in [-0.1, -0.05) is 20.8 Å². The summed E-state index contributed by atoms with van der Waals surface area (Å²) < 4.78 is 11.3. The van der Waals surface area contributed by atoms with E-state index in [-0.39, 0.29) is 24.1 Å². The van der Waals surface area contributed by atoms with Crippen molar-refractivity contribution in [2.24, 2.45) is 5.41 Å². The fourth-order valence-corrected chi connectivity index (χ4v) is 2.18. The van der Waals surface area contributed by atoms with Gasteiger partial charge in [0.2, 0.25) is 0 Å². The second kappa shape index (κ2) is 5.81. The first-order valence-corrected chi connectivity index (χ1v) is 6.70. The van der Waals surface area contributed by atoms with Crippen molar-refractivity contribution in [3.63, 3.8) is 0 Å². The van der Waals surface area contributed by atoms with Gasteiger partial charge in [-0.25, -0.2) is 10.9 Å². The number of nitrogens with one attached hydrogen (secondary N) is 4. The SMILES string of the molecule is CC1NNC(COC2CNC(C(C)(C)C)CN2)O1. The molecule has 2 aliphatic rings. The van der Waals surface area contributed by atoms with Crippen molar-refractivity contribution in [2.45, 2.75) is 52.4 Å². The van der Waals surface area contributed by atoms with Gasteiger partial charge < -0.3 is 14.8 Å². The van der Waals surface area contributed by atoms with Crippen LogP contribution in [0.15, 0.2) is 0 Å². The van der Waals surface area contributed by atoms with E-state index in [0.29, 0.717) is 12.6 Å². The molecule has 0 aliphatic carbocycles. The van der Waals surface area contributed by atoms with Gasteiger partial charge in [-0.15, -0.1) is 0 Å². The zero-order chi connectivity index (χ0) is 13.2. The fraction of sp³-hybridized carbons (Fsp3) is 1.00. The van der Waals surface area contributed by atoms with Crippen LogP contribution in [0.3, 0.4) is 0 Å². The van der Waals surface area contributed by atoms with Crippen LogP contribution in [0.2, 0.25) is 0 Å². The van der Waals surface area contributed by atoms with Crippen molar-refractivity contribution in [2.75, 3.05) is 19.7 Å². The van der Waals surface area contributed by atoms with E-state index in [1.165, 1.54) is 0 Å². The Kier molecular flexibility index (Phi) is 4.58. The van der Waals surface area contributed by atoms with Crippen LogP contribution in [0.5, 0.6) is 0 Å². The van der Waals surface area contributed by atoms with E-state index in [4.69, 9.17) is 9.47 Å². The Bertz CT molecular complexity index is 261. The van der Waals surface area contributed by atoms with Gasteiger partial charge in [0.25, 0.3) is 0 Å². The third kappa shape index (κ3) is 3.88. The maximum atomic E-state index is 5.78. The Balaban J connectivity index is 1.65. The highest BCUT2D eigenvalue weighted by Gasteiger charge is 2.30.